The fourth-order valence-corrected chi connectivity index (χ4v) is 13.5. The molecule has 3 aliphatic heterocycles. The summed E-state index contributed by atoms with van der Waals surface area (Å²) in [5.74, 6) is 1.31. The number of benzene rings is 3. The van der Waals surface area contributed by atoms with Gasteiger partial charge in [-0.05, 0) is 137 Å². The van der Waals surface area contributed by atoms with E-state index < -0.39 is 11.7 Å². The largest absolute Gasteiger partial charge is 0.419 e. The van der Waals surface area contributed by atoms with Crippen LogP contribution in [0.2, 0.25) is 10.0 Å². The molecular weight excluding hydrogens is 1200 g/mol. The Morgan fingerprint density at radius 2 is 0.953 bits per heavy atom. The van der Waals surface area contributed by atoms with Gasteiger partial charge in [-0.1, -0.05) is 63.3 Å². The lowest BCUT2D eigenvalue weighted by molar-refractivity contribution is -0.137. The standard InChI is InChI=1S/C21H22F3N5OS.C19H20ClN5OS.C18H17ClFN5OS/c1-12-9-16-17(10-13(12)2)31-19(26-16)27-20(30)29-8-7-28(11-14(29)3)18-15(21(22,23)24)5-4-6-25-18;1-12-4-3-7-21-17(12)24-8-9-25(13(2)11-24)19(26)23-18-22-15-6-5-14(20)10-16(15)27-18;1-11-10-24(16-13(19)3-2-6-21-16)7-8-25(11)18(26)23-17-22-14-5-4-12(20)9-15(14)27-17/h4-6,9-10,14H,7-8,11H2,1-3H3,(H,26,27,30);3-7,10,13H,8-9,11H2,1-2H3,(H,22,23,26);2-6,9,11H,7-8,10H2,1H3,(H,22,23,26)/t14-;13-;11-/m111/s1. The van der Waals surface area contributed by atoms with Crippen LogP contribution in [0.15, 0.2) is 104 Å². The molecule has 0 saturated carbocycles. The molecule has 444 valence electrons. The van der Waals surface area contributed by atoms with Gasteiger partial charge in [0.1, 0.15) is 23.3 Å². The zero-order chi connectivity index (χ0) is 60.3. The second-order valence-corrected chi connectivity index (χ2v) is 24.7. The maximum atomic E-state index is 13.3. The van der Waals surface area contributed by atoms with E-state index in [1.165, 1.54) is 58.4 Å². The molecule has 85 heavy (non-hydrogen) atoms. The molecule has 3 fully saturated rings. The summed E-state index contributed by atoms with van der Waals surface area (Å²) < 4.78 is 56.0. The topological polar surface area (TPSA) is 184 Å². The molecule has 9 aromatic rings. The van der Waals surface area contributed by atoms with Crippen LogP contribution in [0.1, 0.15) is 43.0 Å². The highest BCUT2D eigenvalue weighted by atomic mass is 35.5. The number of thiazole rings is 3. The van der Waals surface area contributed by atoms with Crippen molar-refractivity contribution in [3.8, 4) is 0 Å². The SMILES string of the molecule is C[C@@H]1CN(c2ncccc2Cl)CCN1C(=O)Nc1nc2ccc(F)cc2s1.Cc1cc2nc(NC(=O)N3CCN(c4ncccc4C(F)(F)F)C[C@H]3C)sc2cc1C.Cc1cccnc1N1CCN(C(=O)Nc2nc3ccc(Cl)cc3s2)[C@H](C)C1. The number of urea groups is 3. The highest BCUT2D eigenvalue weighted by Gasteiger charge is 2.38. The van der Waals surface area contributed by atoms with E-state index >= 15 is 0 Å². The number of carbonyl (C=O) groups is 3. The third-order valence-electron chi connectivity index (χ3n) is 14.7. The van der Waals surface area contributed by atoms with E-state index in [4.69, 9.17) is 23.2 Å². The van der Waals surface area contributed by atoms with Crippen LogP contribution in [0.4, 0.5) is 64.8 Å². The lowest BCUT2D eigenvalue weighted by Crippen LogP contribution is -2.55. The van der Waals surface area contributed by atoms with Gasteiger partial charge < -0.3 is 29.4 Å². The quantitative estimate of drug-likeness (QED) is 0.134. The average Bonchev–Trinajstić information content (AvgIpc) is 4.39. The number of nitrogens with one attached hydrogen (secondary N) is 3. The Balaban J connectivity index is 0.000000142. The van der Waals surface area contributed by atoms with Crippen LogP contribution in [0.25, 0.3) is 30.6 Å². The van der Waals surface area contributed by atoms with Crippen LogP contribution < -0.4 is 30.7 Å². The number of fused-ring (bicyclic) bond motifs is 3. The highest BCUT2D eigenvalue weighted by molar-refractivity contribution is 7.23. The van der Waals surface area contributed by atoms with Crippen molar-refractivity contribution in [2.45, 2.75) is 65.8 Å². The van der Waals surface area contributed by atoms with Gasteiger partial charge in [0.15, 0.2) is 15.4 Å². The monoisotopic (exact) mass is 1260 g/mol. The summed E-state index contributed by atoms with van der Waals surface area (Å²) in [7, 11) is 0. The van der Waals surface area contributed by atoms with Gasteiger partial charge in [0.2, 0.25) is 0 Å². The Morgan fingerprint density at radius 3 is 1.47 bits per heavy atom. The number of anilines is 6. The number of pyridine rings is 3. The number of nitrogens with zero attached hydrogens (tertiary/aromatic N) is 12. The summed E-state index contributed by atoms with van der Waals surface area (Å²) in [5.41, 5.74) is 5.01. The minimum absolute atomic E-state index is 0.0244. The van der Waals surface area contributed by atoms with E-state index in [9.17, 15) is 31.9 Å². The molecule has 3 N–H and O–H groups in total. The summed E-state index contributed by atoms with van der Waals surface area (Å²) in [4.78, 5) is 75.5. The molecule has 9 heterocycles. The fourth-order valence-electron chi connectivity index (χ4n) is 10.3. The maximum Gasteiger partial charge on any atom is 0.419 e. The summed E-state index contributed by atoms with van der Waals surface area (Å²) >= 11 is 16.3. The summed E-state index contributed by atoms with van der Waals surface area (Å²) in [6, 6.07) is 23.0. The van der Waals surface area contributed by atoms with Crippen LogP contribution in [-0.2, 0) is 6.18 Å². The molecule has 27 heteroatoms. The lowest BCUT2D eigenvalue weighted by Gasteiger charge is -2.40. The number of carbonyl (C=O) groups excluding carboxylic acids is 3. The minimum atomic E-state index is -4.48. The number of amides is 6. The summed E-state index contributed by atoms with van der Waals surface area (Å²) in [6.45, 7) is 16.7. The first-order chi connectivity index (χ1) is 40.6. The van der Waals surface area contributed by atoms with E-state index in [0.717, 1.165) is 67.9 Å². The van der Waals surface area contributed by atoms with Crippen molar-refractivity contribution >= 4 is 139 Å². The van der Waals surface area contributed by atoms with Crippen LogP contribution in [0.3, 0.4) is 0 Å². The van der Waals surface area contributed by atoms with Crippen LogP contribution >= 0.6 is 57.2 Å². The van der Waals surface area contributed by atoms with Crippen molar-refractivity contribution in [3.63, 3.8) is 0 Å². The number of hydrogen-bond acceptors (Lipinski definition) is 15. The highest BCUT2D eigenvalue weighted by Crippen LogP contribution is 2.37. The molecule has 0 aliphatic carbocycles. The van der Waals surface area contributed by atoms with E-state index in [1.807, 2.05) is 75.2 Å². The molecule has 3 atom stereocenters. The zero-order valence-electron chi connectivity index (χ0n) is 47.0. The van der Waals surface area contributed by atoms with E-state index in [1.54, 1.807) is 39.1 Å². The zero-order valence-corrected chi connectivity index (χ0v) is 51.0. The second kappa shape index (κ2) is 25.9. The molecule has 0 spiro atoms. The van der Waals surface area contributed by atoms with Gasteiger partial charge in [-0.3, -0.25) is 16.0 Å². The van der Waals surface area contributed by atoms with Gasteiger partial charge in [0.25, 0.3) is 0 Å². The van der Waals surface area contributed by atoms with Crippen molar-refractivity contribution in [2.24, 2.45) is 0 Å². The average molecular weight is 1260 g/mol. The first kappa shape index (κ1) is 60.4. The van der Waals surface area contributed by atoms with Crippen LogP contribution in [0.5, 0.6) is 0 Å². The first-order valence-electron chi connectivity index (χ1n) is 27.2. The molecule has 0 radical (unpaired) electrons. The third kappa shape index (κ3) is 14.2. The minimum Gasteiger partial charge on any atom is -0.353 e. The smallest absolute Gasteiger partial charge is 0.353 e. The van der Waals surface area contributed by atoms with Gasteiger partial charge in [-0.15, -0.1) is 0 Å². The van der Waals surface area contributed by atoms with E-state index in [-0.39, 0.29) is 67.5 Å². The fraction of sp³-hybridized carbons (Fsp3) is 0.328. The van der Waals surface area contributed by atoms with Gasteiger partial charge in [0.05, 0.1) is 41.2 Å². The molecular formula is C58H59Cl2F4N15O3S3. The normalized spacial score (nSPS) is 17.3. The van der Waals surface area contributed by atoms with E-state index in [2.05, 4.69) is 75.6 Å². The molecule has 0 bridgehead atoms. The first-order valence-corrected chi connectivity index (χ1v) is 30.4. The molecule has 12 rings (SSSR count). The maximum absolute atomic E-state index is 13.3. The summed E-state index contributed by atoms with van der Waals surface area (Å²) in [5, 5.41) is 11.4. The lowest BCUT2D eigenvalue weighted by atomic mass is 10.1. The number of alkyl halides is 3. The number of halogens is 6. The molecule has 0 unspecified atom stereocenters. The predicted molar refractivity (Wildman–Crippen MR) is 333 cm³/mol. The molecule has 6 amide bonds. The van der Waals surface area contributed by atoms with E-state index in [0.29, 0.717) is 61.8 Å². The van der Waals surface area contributed by atoms with Crippen LogP contribution in [0, 0.1) is 26.6 Å². The molecule has 18 nitrogen and oxygen atoms in total. The predicted octanol–water partition coefficient (Wildman–Crippen LogP) is 13.7. The third-order valence-corrected chi connectivity index (χ3v) is 18.1. The second-order valence-electron chi connectivity index (χ2n) is 20.8. The van der Waals surface area contributed by atoms with Gasteiger partial charge in [0, 0.05) is 101 Å². The van der Waals surface area contributed by atoms with Gasteiger partial charge in [-0.2, -0.15) is 13.2 Å². The molecule has 3 saturated heterocycles. The Labute approximate surface area is 509 Å². The van der Waals surface area contributed by atoms with Crippen molar-refractivity contribution < 1.29 is 31.9 Å². The number of aromatic nitrogens is 6. The molecule has 6 aromatic heterocycles. The Hall–Kier alpha value is -7.71. The number of piperazine rings is 3. The van der Waals surface area contributed by atoms with Gasteiger partial charge in [-0.25, -0.2) is 48.7 Å². The van der Waals surface area contributed by atoms with Crippen LogP contribution in [-0.4, -0.2) is 140 Å². The van der Waals surface area contributed by atoms with Crippen molar-refractivity contribution in [2.75, 3.05) is 89.6 Å². The Bertz CT molecular complexity index is 3710. The Kier molecular flexibility index (Phi) is 18.4. The number of rotatable bonds is 6. The number of aryl methyl sites for hydroxylation is 3. The summed E-state index contributed by atoms with van der Waals surface area (Å²) in [6.07, 6.45) is 0.391. The number of hydrogen-bond donors (Lipinski definition) is 3. The Morgan fingerprint density at radius 1 is 0.518 bits per heavy atom. The van der Waals surface area contributed by atoms with Gasteiger partial charge >= 0.3 is 24.3 Å². The van der Waals surface area contributed by atoms with Crippen molar-refractivity contribution in [1.82, 2.24) is 44.6 Å². The molecule has 3 aliphatic rings. The van der Waals surface area contributed by atoms with Crippen molar-refractivity contribution in [3.05, 3.63) is 142 Å². The van der Waals surface area contributed by atoms with Crippen molar-refractivity contribution in [1.29, 1.82) is 0 Å². The molecule has 3 aromatic carbocycles.